The van der Waals surface area contributed by atoms with Crippen LogP contribution in [0.5, 0.6) is 5.75 Å². The molecule has 0 heterocycles. The Hall–Kier alpha value is -1.14. The molecule has 156 valence electrons. The largest absolute Gasteiger partial charge is 0.491 e. The van der Waals surface area contributed by atoms with E-state index >= 15 is 0 Å². The van der Waals surface area contributed by atoms with E-state index in [9.17, 15) is 0 Å². The summed E-state index contributed by atoms with van der Waals surface area (Å²) in [5.41, 5.74) is 6.72. The van der Waals surface area contributed by atoms with E-state index in [-0.39, 0.29) is 0 Å². The average Bonchev–Trinajstić information content (AvgIpc) is 2.70. The Morgan fingerprint density at radius 1 is 0.667 bits per heavy atom. The first-order valence-corrected chi connectivity index (χ1v) is 10.5. The fourth-order valence-electron chi connectivity index (χ4n) is 2.71. The van der Waals surface area contributed by atoms with Gasteiger partial charge in [0.25, 0.3) is 0 Å². The molecule has 0 radical (unpaired) electrons. The average molecular weight is 382 g/mol. The van der Waals surface area contributed by atoms with Gasteiger partial charge in [0, 0.05) is 6.54 Å². The summed E-state index contributed by atoms with van der Waals surface area (Å²) in [6.07, 6.45) is 9.19. The summed E-state index contributed by atoms with van der Waals surface area (Å²) in [6.45, 7) is 6.79. The molecule has 0 aliphatic heterocycles. The van der Waals surface area contributed by atoms with Gasteiger partial charge >= 0.3 is 0 Å². The highest BCUT2D eigenvalue weighted by Gasteiger charge is 1.98. The second-order valence-electron chi connectivity index (χ2n) is 6.64. The van der Waals surface area contributed by atoms with Crippen molar-refractivity contribution in [1.82, 2.24) is 0 Å². The molecule has 0 atom stereocenters. The van der Waals surface area contributed by atoms with Crippen LogP contribution in [0.2, 0.25) is 0 Å². The number of hydrogen-bond acceptors (Lipinski definition) is 5. The molecule has 0 aliphatic carbocycles. The van der Waals surface area contributed by atoms with Gasteiger partial charge in [-0.15, -0.1) is 0 Å². The van der Waals surface area contributed by atoms with Gasteiger partial charge in [-0.1, -0.05) is 51.2 Å². The SMILES string of the molecule is CCCCCCCCc1ccc(OCCOCCOCCOCCN)cc1. The van der Waals surface area contributed by atoms with Crippen LogP contribution in [0, 0.1) is 0 Å². The minimum absolute atomic E-state index is 0.547. The van der Waals surface area contributed by atoms with Crippen LogP contribution >= 0.6 is 0 Å². The molecule has 0 fully saturated rings. The molecule has 1 aromatic carbocycles. The summed E-state index contributed by atoms with van der Waals surface area (Å²) in [5, 5.41) is 0. The van der Waals surface area contributed by atoms with Gasteiger partial charge < -0.3 is 24.7 Å². The maximum atomic E-state index is 5.71. The first kappa shape index (κ1) is 23.9. The van der Waals surface area contributed by atoms with Gasteiger partial charge in [-0.05, 0) is 30.5 Å². The minimum Gasteiger partial charge on any atom is -0.491 e. The smallest absolute Gasteiger partial charge is 0.119 e. The predicted molar refractivity (Wildman–Crippen MR) is 111 cm³/mol. The molecule has 27 heavy (non-hydrogen) atoms. The van der Waals surface area contributed by atoms with Crippen molar-refractivity contribution in [2.24, 2.45) is 5.73 Å². The minimum atomic E-state index is 0.547. The third kappa shape index (κ3) is 14.6. The fraction of sp³-hybridized carbons (Fsp3) is 0.727. The zero-order valence-electron chi connectivity index (χ0n) is 17.1. The molecule has 1 rings (SSSR count). The van der Waals surface area contributed by atoms with Gasteiger partial charge in [-0.2, -0.15) is 0 Å². The van der Waals surface area contributed by atoms with Crippen LogP contribution < -0.4 is 10.5 Å². The van der Waals surface area contributed by atoms with Crippen molar-refractivity contribution in [2.45, 2.75) is 51.9 Å². The summed E-state index contributed by atoms with van der Waals surface area (Å²) in [6, 6.07) is 8.44. The van der Waals surface area contributed by atoms with E-state index in [2.05, 4.69) is 31.2 Å². The Morgan fingerprint density at radius 3 is 1.85 bits per heavy atom. The van der Waals surface area contributed by atoms with E-state index in [1.54, 1.807) is 0 Å². The molecular formula is C22H39NO4. The normalized spacial score (nSPS) is 11.0. The topological polar surface area (TPSA) is 62.9 Å². The quantitative estimate of drug-likeness (QED) is 0.367. The summed E-state index contributed by atoms with van der Waals surface area (Å²) >= 11 is 0. The van der Waals surface area contributed by atoms with E-state index in [0.717, 1.165) is 12.2 Å². The second kappa shape index (κ2) is 18.2. The molecule has 0 aliphatic rings. The Bertz CT molecular complexity index is 425. The van der Waals surface area contributed by atoms with Gasteiger partial charge in [-0.25, -0.2) is 0 Å². The van der Waals surface area contributed by atoms with Gasteiger partial charge in [0.15, 0.2) is 0 Å². The zero-order chi connectivity index (χ0) is 19.4. The van der Waals surface area contributed by atoms with Crippen molar-refractivity contribution in [2.75, 3.05) is 52.8 Å². The van der Waals surface area contributed by atoms with Crippen molar-refractivity contribution in [3.8, 4) is 5.75 Å². The summed E-state index contributed by atoms with van der Waals surface area (Å²) < 4.78 is 21.8. The van der Waals surface area contributed by atoms with Gasteiger partial charge in [0.1, 0.15) is 12.4 Å². The monoisotopic (exact) mass is 381 g/mol. The van der Waals surface area contributed by atoms with Crippen LogP contribution in [0.1, 0.15) is 51.0 Å². The molecule has 0 bridgehead atoms. The highest BCUT2D eigenvalue weighted by atomic mass is 16.6. The maximum absolute atomic E-state index is 5.71. The number of benzene rings is 1. The first-order chi connectivity index (χ1) is 13.4. The molecule has 0 saturated carbocycles. The second-order valence-corrected chi connectivity index (χ2v) is 6.64. The molecule has 5 nitrogen and oxygen atoms in total. The van der Waals surface area contributed by atoms with Crippen LogP contribution in [0.3, 0.4) is 0 Å². The zero-order valence-corrected chi connectivity index (χ0v) is 17.1. The fourth-order valence-corrected chi connectivity index (χ4v) is 2.71. The van der Waals surface area contributed by atoms with Crippen LogP contribution in [0.15, 0.2) is 24.3 Å². The van der Waals surface area contributed by atoms with Gasteiger partial charge in [-0.3, -0.25) is 0 Å². The van der Waals surface area contributed by atoms with Crippen LogP contribution in [0.4, 0.5) is 0 Å². The maximum Gasteiger partial charge on any atom is 0.119 e. The molecule has 0 unspecified atom stereocenters. The van der Waals surface area contributed by atoms with Crippen LogP contribution in [-0.2, 0) is 20.6 Å². The van der Waals surface area contributed by atoms with E-state index in [1.807, 2.05) is 0 Å². The number of unbranched alkanes of at least 4 members (excludes halogenated alkanes) is 5. The van der Waals surface area contributed by atoms with Crippen molar-refractivity contribution in [1.29, 1.82) is 0 Å². The van der Waals surface area contributed by atoms with Crippen molar-refractivity contribution in [3.63, 3.8) is 0 Å². The summed E-state index contributed by atoms with van der Waals surface area (Å²) in [4.78, 5) is 0. The number of hydrogen-bond donors (Lipinski definition) is 1. The van der Waals surface area contributed by atoms with Gasteiger partial charge in [0.05, 0.1) is 39.6 Å². The summed E-state index contributed by atoms with van der Waals surface area (Å²) in [5.74, 6) is 0.901. The van der Waals surface area contributed by atoms with Crippen molar-refractivity contribution in [3.05, 3.63) is 29.8 Å². The molecular weight excluding hydrogens is 342 g/mol. The summed E-state index contributed by atoms with van der Waals surface area (Å²) in [7, 11) is 0. The Balaban J connectivity index is 1.94. The molecule has 0 saturated heterocycles. The number of aryl methyl sites for hydroxylation is 1. The van der Waals surface area contributed by atoms with Gasteiger partial charge in [0.2, 0.25) is 0 Å². The predicted octanol–water partition coefficient (Wildman–Crippen LogP) is 3.98. The lowest BCUT2D eigenvalue weighted by Gasteiger charge is -2.09. The van der Waals surface area contributed by atoms with E-state index in [0.29, 0.717) is 52.8 Å². The van der Waals surface area contributed by atoms with Crippen LogP contribution in [-0.4, -0.2) is 52.8 Å². The lowest BCUT2D eigenvalue weighted by Crippen LogP contribution is -2.14. The third-order valence-electron chi connectivity index (χ3n) is 4.24. The Kier molecular flexibility index (Phi) is 16.1. The lowest BCUT2D eigenvalue weighted by molar-refractivity contribution is 0.0106. The van der Waals surface area contributed by atoms with Crippen molar-refractivity contribution < 1.29 is 18.9 Å². The molecule has 0 aromatic heterocycles. The number of nitrogens with two attached hydrogens (primary N) is 1. The highest BCUT2D eigenvalue weighted by molar-refractivity contribution is 5.27. The number of rotatable bonds is 19. The standard InChI is InChI=1S/C22H39NO4/c1-2-3-4-5-6-7-8-21-9-11-22(12-10-21)27-20-19-26-18-17-25-16-15-24-14-13-23/h9-12H,2-8,13-20,23H2,1H3. The van der Waals surface area contributed by atoms with E-state index < -0.39 is 0 Å². The molecule has 5 heteroatoms. The van der Waals surface area contributed by atoms with E-state index in [1.165, 1.54) is 44.1 Å². The van der Waals surface area contributed by atoms with Crippen molar-refractivity contribution >= 4 is 0 Å². The number of ether oxygens (including phenoxy) is 4. The lowest BCUT2D eigenvalue weighted by atomic mass is 10.0. The molecule has 2 N–H and O–H groups in total. The van der Waals surface area contributed by atoms with E-state index in [4.69, 9.17) is 24.7 Å². The van der Waals surface area contributed by atoms with Crippen LogP contribution in [0.25, 0.3) is 0 Å². The molecule has 1 aromatic rings. The Morgan fingerprint density at radius 2 is 1.22 bits per heavy atom. The molecule has 0 amide bonds. The Labute approximate surface area is 165 Å². The molecule has 0 spiro atoms. The highest BCUT2D eigenvalue weighted by Crippen LogP contribution is 2.15. The third-order valence-corrected chi connectivity index (χ3v) is 4.24. The first-order valence-electron chi connectivity index (χ1n) is 10.5.